The van der Waals surface area contributed by atoms with Crippen LogP contribution >= 0.6 is 12.4 Å². The molecule has 1 heterocycles. The molecular weight excluding hydrogens is 400 g/mol. The lowest BCUT2D eigenvalue weighted by Gasteiger charge is -2.18. The minimum absolute atomic E-state index is 0. The molecule has 2 N–H and O–H groups in total. The topological polar surface area (TPSA) is 89.7 Å². The highest BCUT2D eigenvalue weighted by Crippen LogP contribution is 2.31. The smallest absolute Gasteiger partial charge is 0.338 e. The van der Waals surface area contributed by atoms with Gasteiger partial charge in [0.25, 0.3) is 0 Å². The largest absolute Gasteiger partial charge is 0.462 e. The summed E-state index contributed by atoms with van der Waals surface area (Å²) in [5, 5.41) is 0. The Balaban J connectivity index is 0.00000280. The van der Waals surface area contributed by atoms with E-state index in [1.807, 2.05) is 30.3 Å². The van der Waals surface area contributed by atoms with Crippen LogP contribution in [0.1, 0.15) is 34.3 Å². The van der Waals surface area contributed by atoms with Gasteiger partial charge < -0.3 is 10.5 Å². The van der Waals surface area contributed by atoms with Crippen LogP contribution in [0, 0.1) is 6.92 Å². The van der Waals surface area contributed by atoms with Gasteiger partial charge in [-0.1, -0.05) is 36.4 Å². The van der Waals surface area contributed by atoms with E-state index >= 15 is 0 Å². The van der Waals surface area contributed by atoms with Crippen LogP contribution in [-0.2, 0) is 14.8 Å². The molecular formula is C20H25ClN2O4S. The molecule has 0 amide bonds. The Hall–Kier alpha value is -1.93. The lowest BCUT2D eigenvalue weighted by atomic mass is 9.95. The Morgan fingerprint density at radius 2 is 1.86 bits per heavy atom. The highest BCUT2D eigenvalue weighted by atomic mass is 35.5. The van der Waals surface area contributed by atoms with E-state index in [1.165, 1.54) is 10.4 Å². The highest BCUT2D eigenvalue weighted by molar-refractivity contribution is 7.89. The lowest BCUT2D eigenvalue weighted by Crippen LogP contribution is -2.32. The first-order chi connectivity index (χ1) is 12.8. The zero-order chi connectivity index (χ0) is 19.6. The maximum absolute atomic E-state index is 13.2. The standard InChI is InChI=1S/C20H24N2O4S.ClH/c1-3-26-20(23)16-10-9-14(2)19(11-16)27(24,25)22-12-17(18(21)13-22)15-7-5-4-6-8-15;/h4-11,17-18H,3,12-13,21H2,1-2H3;1H/t17-,18+;/m0./s1. The second-order valence-corrected chi connectivity index (χ2v) is 8.61. The van der Waals surface area contributed by atoms with Crippen molar-refractivity contribution in [1.82, 2.24) is 4.31 Å². The third-order valence-electron chi connectivity index (χ3n) is 4.88. The number of nitrogens with two attached hydrogens (primary N) is 1. The average Bonchev–Trinajstić information content (AvgIpc) is 3.05. The summed E-state index contributed by atoms with van der Waals surface area (Å²) in [5.41, 5.74) is 8.09. The molecule has 0 radical (unpaired) electrons. The average molecular weight is 425 g/mol. The Morgan fingerprint density at radius 3 is 2.50 bits per heavy atom. The van der Waals surface area contributed by atoms with E-state index in [0.29, 0.717) is 12.1 Å². The van der Waals surface area contributed by atoms with Crippen molar-refractivity contribution < 1.29 is 17.9 Å². The van der Waals surface area contributed by atoms with Gasteiger partial charge in [-0.25, -0.2) is 13.2 Å². The second-order valence-electron chi connectivity index (χ2n) is 6.70. The molecule has 152 valence electrons. The van der Waals surface area contributed by atoms with Crippen molar-refractivity contribution in [2.75, 3.05) is 19.7 Å². The third-order valence-corrected chi connectivity index (χ3v) is 6.85. The fourth-order valence-corrected chi connectivity index (χ4v) is 5.15. The number of aryl methyl sites for hydroxylation is 1. The molecule has 0 unspecified atom stereocenters. The van der Waals surface area contributed by atoms with Crippen molar-refractivity contribution in [2.45, 2.75) is 30.7 Å². The van der Waals surface area contributed by atoms with Crippen LogP contribution in [0.2, 0.25) is 0 Å². The Morgan fingerprint density at radius 1 is 1.18 bits per heavy atom. The number of sulfonamides is 1. The van der Waals surface area contributed by atoms with Crippen LogP contribution in [0.5, 0.6) is 0 Å². The van der Waals surface area contributed by atoms with Gasteiger partial charge in [-0.15, -0.1) is 12.4 Å². The molecule has 1 saturated heterocycles. The van der Waals surface area contributed by atoms with Crippen molar-refractivity contribution >= 4 is 28.4 Å². The van der Waals surface area contributed by atoms with Crippen molar-refractivity contribution in [2.24, 2.45) is 5.73 Å². The number of hydrogen-bond acceptors (Lipinski definition) is 5. The zero-order valence-corrected chi connectivity index (χ0v) is 17.5. The number of carbonyl (C=O) groups is 1. The minimum Gasteiger partial charge on any atom is -0.462 e. The molecule has 2 aromatic carbocycles. The molecule has 1 fully saturated rings. The number of ether oxygens (including phenoxy) is 1. The molecule has 1 aliphatic heterocycles. The van der Waals surface area contributed by atoms with Gasteiger partial charge in [-0.05, 0) is 37.1 Å². The summed E-state index contributed by atoms with van der Waals surface area (Å²) in [4.78, 5) is 12.1. The third kappa shape index (κ3) is 4.38. The summed E-state index contributed by atoms with van der Waals surface area (Å²) < 4.78 is 32.9. The van der Waals surface area contributed by atoms with Gasteiger partial charge in [-0.3, -0.25) is 0 Å². The minimum atomic E-state index is -3.77. The van der Waals surface area contributed by atoms with Crippen LogP contribution in [0.3, 0.4) is 0 Å². The normalized spacial score (nSPS) is 19.8. The van der Waals surface area contributed by atoms with Gasteiger partial charge in [0.1, 0.15) is 0 Å². The molecule has 28 heavy (non-hydrogen) atoms. The van der Waals surface area contributed by atoms with Gasteiger partial charge in [0, 0.05) is 25.0 Å². The summed E-state index contributed by atoms with van der Waals surface area (Å²) in [7, 11) is -3.77. The molecule has 2 atom stereocenters. The van der Waals surface area contributed by atoms with Crippen molar-refractivity contribution in [1.29, 1.82) is 0 Å². The molecule has 0 aliphatic carbocycles. The second kappa shape index (κ2) is 9.05. The monoisotopic (exact) mass is 424 g/mol. The highest BCUT2D eigenvalue weighted by Gasteiger charge is 2.39. The summed E-state index contributed by atoms with van der Waals surface area (Å²) in [5.74, 6) is -0.594. The van der Waals surface area contributed by atoms with Crippen LogP contribution in [0.15, 0.2) is 53.4 Å². The number of nitrogens with zero attached hydrogens (tertiary/aromatic N) is 1. The van der Waals surface area contributed by atoms with Gasteiger partial charge in [0.05, 0.1) is 17.1 Å². The molecule has 0 saturated carbocycles. The van der Waals surface area contributed by atoms with Crippen molar-refractivity contribution in [3.8, 4) is 0 Å². The summed E-state index contributed by atoms with van der Waals surface area (Å²) in [6.07, 6.45) is 0. The van der Waals surface area contributed by atoms with E-state index in [-0.39, 0.29) is 48.0 Å². The van der Waals surface area contributed by atoms with Gasteiger partial charge in [0.15, 0.2) is 0 Å². The summed E-state index contributed by atoms with van der Waals surface area (Å²) in [6, 6.07) is 14.0. The van der Waals surface area contributed by atoms with Gasteiger partial charge in [-0.2, -0.15) is 4.31 Å². The molecule has 6 nitrogen and oxygen atoms in total. The Bertz CT molecular complexity index is 934. The molecule has 1 aliphatic rings. The zero-order valence-electron chi connectivity index (χ0n) is 15.9. The SMILES string of the molecule is CCOC(=O)c1ccc(C)c(S(=O)(=O)N2C[C@@H](N)[C@H](c3ccccc3)C2)c1.Cl. The summed E-state index contributed by atoms with van der Waals surface area (Å²) >= 11 is 0. The number of rotatable bonds is 5. The van der Waals surface area contributed by atoms with E-state index in [0.717, 1.165) is 5.56 Å². The van der Waals surface area contributed by atoms with Crippen molar-refractivity contribution in [3.63, 3.8) is 0 Å². The predicted molar refractivity (Wildman–Crippen MR) is 110 cm³/mol. The van der Waals surface area contributed by atoms with Crippen LogP contribution in [0.4, 0.5) is 0 Å². The van der Waals surface area contributed by atoms with Gasteiger partial charge >= 0.3 is 5.97 Å². The first-order valence-corrected chi connectivity index (χ1v) is 10.4. The molecule has 2 aromatic rings. The number of carbonyl (C=O) groups excluding carboxylic acids is 1. The van der Waals surface area contributed by atoms with E-state index in [4.69, 9.17) is 10.5 Å². The van der Waals surface area contributed by atoms with Gasteiger partial charge in [0.2, 0.25) is 10.0 Å². The predicted octanol–water partition coefficient (Wildman–Crippen LogP) is 2.71. The Labute approximate surface area is 172 Å². The van der Waals surface area contributed by atoms with E-state index in [1.54, 1.807) is 26.0 Å². The van der Waals surface area contributed by atoms with Crippen LogP contribution in [0.25, 0.3) is 0 Å². The van der Waals surface area contributed by atoms with Crippen molar-refractivity contribution in [3.05, 3.63) is 65.2 Å². The number of halogens is 1. The molecule has 0 aromatic heterocycles. The van der Waals surface area contributed by atoms with Crippen LogP contribution < -0.4 is 5.73 Å². The number of esters is 1. The maximum Gasteiger partial charge on any atom is 0.338 e. The quantitative estimate of drug-likeness (QED) is 0.745. The molecule has 0 spiro atoms. The lowest BCUT2D eigenvalue weighted by molar-refractivity contribution is 0.0526. The molecule has 3 rings (SSSR count). The summed E-state index contributed by atoms with van der Waals surface area (Å²) in [6.45, 7) is 4.21. The Kier molecular flexibility index (Phi) is 7.22. The maximum atomic E-state index is 13.2. The fraction of sp³-hybridized carbons (Fsp3) is 0.350. The first kappa shape index (κ1) is 22.4. The van der Waals surface area contributed by atoms with Crippen LogP contribution in [-0.4, -0.2) is 44.4 Å². The number of hydrogen-bond donors (Lipinski definition) is 1. The molecule has 0 bridgehead atoms. The number of benzene rings is 2. The van der Waals surface area contributed by atoms with E-state index in [2.05, 4.69) is 0 Å². The first-order valence-electron chi connectivity index (χ1n) is 8.93. The van der Waals surface area contributed by atoms with E-state index < -0.39 is 16.0 Å². The molecule has 8 heteroatoms. The fourth-order valence-electron chi connectivity index (χ4n) is 3.40. The van der Waals surface area contributed by atoms with E-state index in [9.17, 15) is 13.2 Å².